The highest BCUT2D eigenvalue weighted by molar-refractivity contribution is 5.88. The van der Waals surface area contributed by atoms with Gasteiger partial charge in [-0.15, -0.1) is 0 Å². The monoisotopic (exact) mass is 388 g/mol. The number of pyridine rings is 1. The van der Waals surface area contributed by atoms with Crippen LogP contribution in [0.2, 0.25) is 0 Å². The van der Waals surface area contributed by atoms with Crippen molar-refractivity contribution < 1.29 is 9.50 Å². The van der Waals surface area contributed by atoms with Crippen LogP contribution in [-0.2, 0) is 12.6 Å². The first-order chi connectivity index (χ1) is 13.8. The molecule has 4 rings (SSSR count). The Labute approximate surface area is 168 Å². The number of aliphatic hydroxyl groups is 1. The largest absolute Gasteiger partial charge is 0.379 e. The van der Waals surface area contributed by atoms with Crippen molar-refractivity contribution in [3.8, 4) is 11.3 Å². The summed E-state index contributed by atoms with van der Waals surface area (Å²) in [6, 6.07) is 13.7. The van der Waals surface area contributed by atoms with Gasteiger partial charge < -0.3 is 15.0 Å². The second kappa shape index (κ2) is 7.14. The Kier molecular flexibility index (Phi) is 4.64. The van der Waals surface area contributed by atoms with Gasteiger partial charge in [0, 0.05) is 29.9 Å². The van der Waals surface area contributed by atoms with Crippen molar-refractivity contribution in [1.82, 2.24) is 14.5 Å². The van der Waals surface area contributed by atoms with E-state index in [0.717, 1.165) is 22.0 Å². The Morgan fingerprint density at radius 2 is 1.86 bits per heavy atom. The van der Waals surface area contributed by atoms with Crippen molar-refractivity contribution in [1.29, 1.82) is 0 Å². The topological polar surface area (TPSA) is 63.0 Å². The summed E-state index contributed by atoms with van der Waals surface area (Å²) in [5.41, 5.74) is 1.56. The molecule has 2 aromatic carbocycles. The van der Waals surface area contributed by atoms with E-state index in [1.54, 1.807) is 19.4 Å². The maximum atomic E-state index is 13.2. The van der Waals surface area contributed by atoms with Crippen LogP contribution in [-0.4, -0.2) is 19.6 Å². The first-order valence-electron chi connectivity index (χ1n) is 9.16. The molecule has 1 atom stereocenters. The number of nitrogens with one attached hydrogen (secondary N) is 1. The summed E-state index contributed by atoms with van der Waals surface area (Å²) in [4.78, 5) is 8.59. The Balaban J connectivity index is 1.63. The predicted octanol–water partition coefficient (Wildman–Crippen LogP) is 4.61. The zero-order valence-electron chi connectivity index (χ0n) is 16.2. The molecule has 146 valence electrons. The van der Waals surface area contributed by atoms with Gasteiger partial charge in [0.1, 0.15) is 17.2 Å². The normalized spacial score (nSPS) is 13.2. The minimum atomic E-state index is -1.39. The number of imidazole rings is 1. The fourth-order valence-electron chi connectivity index (χ4n) is 3.23. The zero-order chi connectivity index (χ0) is 20.6. The summed E-state index contributed by atoms with van der Waals surface area (Å²) in [5, 5.41) is 16.0. The lowest BCUT2D eigenvalue weighted by Gasteiger charge is -2.27. The van der Waals surface area contributed by atoms with Gasteiger partial charge in [0.25, 0.3) is 0 Å². The molecule has 0 aliphatic carbocycles. The van der Waals surface area contributed by atoms with Crippen LogP contribution in [0.15, 0.2) is 79.5 Å². The number of aryl methyl sites for hydroxylation is 1. The molecule has 4 aromatic rings. The highest BCUT2D eigenvalue weighted by Gasteiger charge is 2.27. The van der Waals surface area contributed by atoms with Gasteiger partial charge in [0.2, 0.25) is 0 Å². The first-order valence-corrected chi connectivity index (χ1v) is 9.16. The molecule has 0 saturated carbocycles. The average molecular weight is 388 g/mol. The molecule has 0 bridgehead atoms. The number of aromatic nitrogens is 3. The summed E-state index contributed by atoms with van der Waals surface area (Å²) < 4.78 is 15.2. The van der Waals surface area contributed by atoms with E-state index >= 15 is 0 Å². The number of anilines is 1. The van der Waals surface area contributed by atoms with Crippen molar-refractivity contribution in [3.05, 3.63) is 90.9 Å². The van der Waals surface area contributed by atoms with E-state index in [0.29, 0.717) is 17.1 Å². The van der Waals surface area contributed by atoms with Crippen molar-refractivity contribution in [2.24, 2.45) is 7.05 Å². The number of hydrogen-bond acceptors (Lipinski definition) is 4. The molecule has 2 N–H and O–H groups in total. The van der Waals surface area contributed by atoms with E-state index in [9.17, 15) is 9.50 Å². The third-order valence-corrected chi connectivity index (χ3v) is 5.11. The van der Waals surface area contributed by atoms with Crippen LogP contribution in [0.1, 0.15) is 12.5 Å². The lowest BCUT2D eigenvalue weighted by Crippen LogP contribution is -2.28. The molecule has 0 saturated heterocycles. The summed E-state index contributed by atoms with van der Waals surface area (Å²) in [6.07, 6.45) is 5.36. The number of halogens is 1. The molecule has 1 unspecified atom stereocenters. The van der Waals surface area contributed by atoms with E-state index in [-0.39, 0.29) is 5.82 Å². The maximum Gasteiger partial charge on any atom is 0.130 e. The van der Waals surface area contributed by atoms with Gasteiger partial charge in [0.05, 0.1) is 18.2 Å². The number of rotatable bonds is 5. The molecule has 0 spiro atoms. The third-order valence-electron chi connectivity index (χ3n) is 5.11. The molecule has 5 nitrogen and oxygen atoms in total. The summed E-state index contributed by atoms with van der Waals surface area (Å²) in [6.45, 7) is 5.57. The molecule has 0 radical (unpaired) electrons. The van der Waals surface area contributed by atoms with E-state index in [4.69, 9.17) is 0 Å². The smallest absolute Gasteiger partial charge is 0.130 e. The minimum absolute atomic E-state index is 0.346. The van der Waals surface area contributed by atoms with Crippen LogP contribution in [0.3, 0.4) is 0 Å². The average Bonchev–Trinajstić information content (AvgIpc) is 3.13. The highest BCUT2D eigenvalue weighted by atomic mass is 19.1. The lowest BCUT2D eigenvalue weighted by molar-refractivity contribution is 0.0992. The van der Waals surface area contributed by atoms with Gasteiger partial charge in [0.15, 0.2) is 0 Å². The molecule has 0 aliphatic rings. The van der Waals surface area contributed by atoms with Crippen LogP contribution >= 0.6 is 0 Å². The number of hydrogen-bond donors (Lipinski definition) is 2. The third kappa shape index (κ3) is 3.62. The standard InChI is InChI=1S/C23H21FN4O/c1-15(23(2,29)19-6-8-20(24)9-7-19)27-22-11-18-10-16(4-5-17(18)12-26-22)21-13-25-14-28(21)3/h4-14,29H,1H2,2-3H3,(H,26,27). The second-order valence-corrected chi connectivity index (χ2v) is 7.20. The lowest BCUT2D eigenvalue weighted by atomic mass is 9.93. The Bertz CT molecular complexity index is 1200. The van der Waals surface area contributed by atoms with Gasteiger partial charge in [-0.25, -0.2) is 14.4 Å². The molecule has 29 heavy (non-hydrogen) atoms. The van der Waals surface area contributed by atoms with Crippen LogP contribution in [0.5, 0.6) is 0 Å². The van der Waals surface area contributed by atoms with Crippen molar-refractivity contribution in [3.63, 3.8) is 0 Å². The molecule has 2 heterocycles. The van der Waals surface area contributed by atoms with E-state index in [1.807, 2.05) is 36.0 Å². The maximum absolute atomic E-state index is 13.2. The quantitative estimate of drug-likeness (QED) is 0.524. The van der Waals surface area contributed by atoms with Crippen LogP contribution in [0.4, 0.5) is 10.2 Å². The number of nitrogens with zero attached hydrogens (tertiary/aromatic N) is 3. The van der Waals surface area contributed by atoms with Gasteiger partial charge in [-0.05, 0) is 42.1 Å². The zero-order valence-corrected chi connectivity index (χ0v) is 16.2. The van der Waals surface area contributed by atoms with Crippen LogP contribution < -0.4 is 5.32 Å². The molecule has 0 fully saturated rings. The highest BCUT2D eigenvalue weighted by Crippen LogP contribution is 2.30. The fraction of sp³-hybridized carbons (Fsp3) is 0.130. The van der Waals surface area contributed by atoms with Crippen LogP contribution in [0.25, 0.3) is 22.0 Å². The molecular weight excluding hydrogens is 367 g/mol. The van der Waals surface area contributed by atoms with Crippen LogP contribution in [0, 0.1) is 5.82 Å². The SMILES string of the molecule is C=C(Nc1cc2cc(-c3cncn3C)ccc2cn1)C(C)(O)c1ccc(F)cc1. The molecular formula is C23H21FN4O. The summed E-state index contributed by atoms with van der Waals surface area (Å²) >= 11 is 0. The molecule has 0 amide bonds. The van der Waals surface area contributed by atoms with Gasteiger partial charge in [-0.3, -0.25) is 0 Å². The Hall–Kier alpha value is -3.51. The van der Waals surface area contributed by atoms with Crippen molar-refractivity contribution in [2.45, 2.75) is 12.5 Å². The van der Waals surface area contributed by atoms with Gasteiger partial charge >= 0.3 is 0 Å². The number of benzene rings is 2. The molecule has 0 aliphatic heterocycles. The van der Waals surface area contributed by atoms with Crippen molar-refractivity contribution in [2.75, 3.05) is 5.32 Å². The first kappa shape index (κ1) is 18.8. The van der Waals surface area contributed by atoms with Gasteiger partial charge in [-0.2, -0.15) is 0 Å². The Morgan fingerprint density at radius 3 is 2.55 bits per heavy atom. The Morgan fingerprint density at radius 1 is 1.10 bits per heavy atom. The number of fused-ring (bicyclic) bond motifs is 1. The predicted molar refractivity (Wildman–Crippen MR) is 113 cm³/mol. The fourth-order valence-corrected chi connectivity index (χ4v) is 3.23. The van der Waals surface area contributed by atoms with E-state index < -0.39 is 5.60 Å². The van der Waals surface area contributed by atoms with E-state index in [2.05, 4.69) is 27.9 Å². The molecule has 2 aromatic heterocycles. The summed E-state index contributed by atoms with van der Waals surface area (Å²) in [5.74, 6) is 0.204. The second-order valence-electron chi connectivity index (χ2n) is 7.20. The van der Waals surface area contributed by atoms with Gasteiger partial charge in [-0.1, -0.05) is 30.8 Å². The van der Waals surface area contributed by atoms with E-state index in [1.165, 1.54) is 24.3 Å². The molecule has 6 heteroatoms. The summed E-state index contributed by atoms with van der Waals surface area (Å²) in [7, 11) is 1.95. The van der Waals surface area contributed by atoms with Crippen molar-refractivity contribution >= 4 is 16.6 Å². The minimum Gasteiger partial charge on any atom is -0.379 e.